The Hall–Kier alpha value is -2.32. The second-order valence-corrected chi connectivity index (χ2v) is 10.8. The fourth-order valence-electron chi connectivity index (χ4n) is 4.16. The molecule has 4 rings (SSSR count). The van der Waals surface area contributed by atoms with E-state index >= 15 is 0 Å². The summed E-state index contributed by atoms with van der Waals surface area (Å²) >= 11 is 6.05. The minimum absolute atomic E-state index is 0.0865. The zero-order valence-corrected chi connectivity index (χ0v) is 19.5. The summed E-state index contributed by atoms with van der Waals surface area (Å²) in [5, 5.41) is 0.0865. The standard InChI is InChI=1S/C23H26ClFN2O4S/c1-31-22-8-6-18(32(29,30)15-16-3-2-4-16)14-21(22)26-9-11-27(12-10-26)23(28)19-7-5-17(25)13-20(19)24/h5-8,13-14,16H,2-4,9-12,15H2,1H3. The number of nitrogens with zero attached hydrogens (tertiary/aromatic N) is 2. The van der Waals surface area contributed by atoms with Crippen LogP contribution in [-0.2, 0) is 9.84 Å². The van der Waals surface area contributed by atoms with E-state index in [-0.39, 0.29) is 28.2 Å². The SMILES string of the molecule is COc1ccc(S(=O)(=O)CC2CCC2)cc1N1CCN(C(=O)c2ccc(F)cc2Cl)CC1. The van der Waals surface area contributed by atoms with Crippen molar-refractivity contribution in [2.45, 2.75) is 24.2 Å². The molecule has 0 radical (unpaired) electrons. The molecule has 9 heteroatoms. The van der Waals surface area contributed by atoms with E-state index in [2.05, 4.69) is 0 Å². The number of piperazine rings is 1. The number of ether oxygens (including phenoxy) is 1. The lowest BCUT2D eigenvalue weighted by Crippen LogP contribution is -2.49. The molecule has 2 aliphatic rings. The van der Waals surface area contributed by atoms with Gasteiger partial charge in [-0.1, -0.05) is 18.0 Å². The van der Waals surface area contributed by atoms with Gasteiger partial charge in [-0.25, -0.2) is 12.8 Å². The maximum atomic E-state index is 13.3. The zero-order valence-electron chi connectivity index (χ0n) is 17.9. The zero-order chi connectivity index (χ0) is 22.9. The van der Waals surface area contributed by atoms with Gasteiger partial charge in [0.05, 0.1) is 34.0 Å². The van der Waals surface area contributed by atoms with Gasteiger partial charge in [-0.3, -0.25) is 4.79 Å². The first-order chi connectivity index (χ1) is 15.3. The van der Waals surface area contributed by atoms with E-state index in [1.165, 1.54) is 12.1 Å². The molecule has 0 bridgehead atoms. The largest absolute Gasteiger partial charge is 0.495 e. The minimum atomic E-state index is -3.37. The van der Waals surface area contributed by atoms with Gasteiger partial charge < -0.3 is 14.5 Å². The molecule has 1 heterocycles. The first kappa shape index (κ1) is 22.9. The third-order valence-corrected chi connectivity index (χ3v) is 8.45. The first-order valence-electron chi connectivity index (χ1n) is 10.7. The Bertz CT molecular complexity index is 1110. The summed E-state index contributed by atoms with van der Waals surface area (Å²) in [6, 6.07) is 8.72. The summed E-state index contributed by atoms with van der Waals surface area (Å²) in [6.07, 6.45) is 3.03. The van der Waals surface area contributed by atoms with Crippen molar-refractivity contribution in [3.05, 3.63) is 52.8 Å². The third-order valence-electron chi connectivity index (χ3n) is 6.26. The number of benzene rings is 2. The van der Waals surface area contributed by atoms with E-state index in [9.17, 15) is 17.6 Å². The quantitative estimate of drug-likeness (QED) is 0.624. The maximum Gasteiger partial charge on any atom is 0.255 e. The average Bonchev–Trinajstić information content (AvgIpc) is 2.75. The van der Waals surface area contributed by atoms with E-state index in [0.717, 1.165) is 25.3 Å². The normalized spacial score (nSPS) is 17.2. The molecule has 6 nitrogen and oxygen atoms in total. The lowest BCUT2D eigenvalue weighted by atomic mass is 9.87. The van der Waals surface area contributed by atoms with Crippen LogP contribution in [0, 0.1) is 11.7 Å². The topological polar surface area (TPSA) is 66.9 Å². The Morgan fingerprint density at radius 2 is 1.84 bits per heavy atom. The average molecular weight is 481 g/mol. The number of sulfone groups is 1. The van der Waals surface area contributed by atoms with Crippen molar-refractivity contribution in [2.75, 3.05) is 43.9 Å². The summed E-state index contributed by atoms with van der Waals surface area (Å²) < 4.78 is 44.5. The summed E-state index contributed by atoms with van der Waals surface area (Å²) in [4.78, 5) is 16.8. The van der Waals surface area contributed by atoms with Crippen molar-refractivity contribution in [3.63, 3.8) is 0 Å². The van der Waals surface area contributed by atoms with Gasteiger partial charge >= 0.3 is 0 Å². The molecule has 0 atom stereocenters. The highest BCUT2D eigenvalue weighted by Crippen LogP contribution is 2.35. The number of hydrogen-bond donors (Lipinski definition) is 0. The van der Waals surface area contributed by atoms with E-state index in [0.29, 0.717) is 42.5 Å². The molecule has 1 aliphatic heterocycles. The molecule has 0 spiro atoms. The van der Waals surface area contributed by atoms with Gasteiger partial charge in [0.1, 0.15) is 11.6 Å². The van der Waals surface area contributed by atoms with Crippen molar-refractivity contribution >= 4 is 33.0 Å². The summed E-state index contributed by atoms with van der Waals surface area (Å²) in [5.41, 5.74) is 0.970. The Balaban J connectivity index is 1.49. The Morgan fingerprint density at radius 3 is 2.44 bits per heavy atom. The van der Waals surface area contributed by atoms with Gasteiger partial charge in [0.2, 0.25) is 0 Å². The lowest BCUT2D eigenvalue weighted by Gasteiger charge is -2.37. The van der Waals surface area contributed by atoms with E-state index < -0.39 is 15.7 Å². The molecule has 32 heavy (non-hydrogen) atoms. The summed E-state index contributed by atoms with van der Waals surface area (Å²) in [5.74, 6) is 0.279. The van der Waals surface area contributed by atoms with Crippen molar-refractivity contribution < 1.29 is 22.3 Å². The molecule has 0 unspecified atom stereocenters. The number of halogens is 2. The molecular formula is C23H26ClFN2O4S. The minimum Gasteiger partial charge on any atom is -0.495 e. The predicted octanol–water partition coefficient (Wildman–Crippen LogP) is 4.02. The van der Waals surface area contributed by atoms with E-state index in [1.807, 2.05) is 4.90 Å². The highest BCUT2D eigenvalue weighted by Gasteiger charge is 2.29. The van der Waals surface area contributed by atoms with Crippen LogP contribution in [0.3, 0.4) is 0 Å². The van der Waals surface area contributed by atoms with Crippen LogP contribution >= 0.6 is 11.6 Å². The van der Waals surface area contributed by atoms with E-state index in [1.54, 1.807) is 30.2 Å². The van der Waals surface area contributed by atoms with Gasteiger partial charge in [0, 0.05) is 26.2 Å². The monoisotopic (exact) mass is 480 g/mol. The van der Waals surface area contributed by atoms with Crippen molar-refractivity contribution in [1.82, 2.24) is 4.90 Å². The molecule has 1 saturated heterocycles. The van der Waals surface area contributed by atoms with Gasteiger partial charge in [0.25, 0.3) is 5.91 Å². The molecule has 0 aromatic heterocycles. The molecule has 2 aromatic carbocycles. The highest BCUT2D eigenvalue weighted by molar-refractivity contribution is 7.91. The number of carbonyl (C=O) groups is 1. The van der Waals surface area contributed by atoms with Gasteiger partial charge in [0.15, 0.2) is 9.84 Å². The summed E-state index contributed by atoms with van der Waals surface area (Å²) in [6.45, 7) is 1.86. The second kappa shape index (κ2) is 9.27. The number of hydrogen-bond acceptors (Lipinski definition) is 5. The number of rotatable bonds is 6. The van der Waals surface area contributed by atoms with Crippen LogP contribution in [0.5, 0.6) is 5.75 Å². The van der Waals surface area contributed by atoms with Gasteiger partial charge in [-0.15, -0.1) is 0 Å². The smallest absolute Gasteiger partial charge is 0.255 e. The van der Waals surface area contributed by atoms with Crippen LogP contribution in [0.25, 0.3) is 0 Å². The van der Waals surface area contributed by atoms with Crippen molar-refractivity contribution in [2.24, 2.45) is 5.92 Å². The molecule has 1 saturated carbocycles. The second-order valence-electron chi connectivity index (χ2n) is 8.32. The number of methoxy groups -OCH3 is 1. The number of carbonyl (C=O) groups excluding carboxylic acids is 1. The third kappa shape index (κ3) is 4.71. The fraction of sp³-hybridized carbons (Fsp3) is 0.435. The predicted molar refractivity (Wildman–Crippen MR) is 122 cm³/mol. The Kier molecular flexibility index (Phi) is 6.62. The van der Waals surface area contributed by atoms with Crippen LogP contribution in [0.15, 0.2) is 41.3 Å². The highest BCUT2D eigenvalue weighted by atomic mass is 35.5. The summed E-state index contributed by atoms with van der Waals surface area (Å²) in [7, 11) is -1.81. The van der Waals surface area contributed by atoms with E-state index in [4.69, 9.17) is 16.3 Å². The lowest BCUT2D eigenvalue weighted by molar-refractivity contribution is 0.0747. The Labute approximate surface area is 192 Å². The van der Waals surface area contributed by atoms with Crippen molar-refractivity contribution in [3.8, 4) is 5.75 Å². The molecule has 172 valence electrons. The molecule has 2 aromatic rings. The molecular weight excluding hydrogens is 455 g/mol. The van der Waals surface area contributed by atoms with Crippen molar-refractivity contribution in [1.29, 1.82) is 0 Å². The maximum absolute atomic E-state index is 13.3. The van der Waals surface area contributed by atoms with Crippen LogP contribution in [-0.4, -0.2) is 58.3 Å². The van der Waals surface area contributed by atoms with Crippen LogP contribution < -0.4 is 9.64 Å². The van der Waals surface area contributed by atoms with Crippen LogP contribution in [0.4, 0.5) is 10.1 Å². The first-order valence-corrected chi connectivity index (χ1v) is 12.7. The van der Waals surface area contributed by atoms with Crippen LogP contribution in [0.2, 0.25) is 5.02 Å². The molecule has 1 aliphatic carbocycles. The molecule has 1 amide bonds. The van der Waals surface area contributed by atoms with Gasteiger partial charge in [-0.05, 0) is 55.2 Å². The number of anilines is 1. The number of amides is 1. The Morgan fingerprint density at radius 1 is 1.12 bits per heavy atom. The molecule has 0 N–H and O–H groups in total. The molecule has 2 fully saturated rings. The van der Waals surface area contributed by atoms with Gasteiger partial charge in [-0.2, -0.15) is 0 Å². The van der Waals surface area contributed by atoms with Crippen LogP contribution in [0.1, 0.15) is 29.6 Å². The fourth-order valence-corrected chi connectivity index (χ4v) is 6.12.